The Kier molecular flexibility index (Phi) is 6.11. The van der Waals surface area contributed by atoms with Gasteiger partial charge in [-0.15, -0.1) is 0 Å². The van der Waals surface area contributed by atoms with E-state index in [1.54, 1.807) is 0 Å². The number of aromatic nitrogens is 2. The molecule has 1 rings (SSSR count). The maximum atomic E-state index is 5.51. The molecule has 4 heteroatoms. The second kappa shape index (κ2) is 7.41. The Morgan fingerprint density at radius 3 is 3.00 bits per heavy atom. The highest BCUT2D eigenvalue weighted by atomic mass is 16.5. The first-order valence-electron chi connectivity index (χ1n) is 6.07. The zero-order chi connectivity index (χ0) is 11.8. The van der Waals surface area contributed by atoms with E-state index in [1.165, 1.54) is 5.69 Å². The molecule has 1 aromatic rings. The maximum absolute atomic E-state index is 5.51. The molecular formula is C12H23N3O. The van der Waals surface area contributed by atoms with Gasteiger partial charge in [0.25, 0.3) is 0 Å². The van der Waals surface area contributed by atoms with Crippen molar-refractivity contribution >= 4 is 0 Å². The third-order valence-electron chi connectivity index (χ3n) is 2.29. The summed E-state index contributed by atoms with van der Waals surface area (Å²) < 4.78 is 7.52. The normalized spacial score (nSPS) is 11.2. The molecule has 0 saturated carbocycles. The predicted molar refractivity (Wildman–Crippen MR) is 65.3 cm³/mol. The molecule has 4 nitrogen and oxygen atoms in total. The molecular weight excluding hydrogens is 202 g/mol. The van der Waals surface area contributed by atoms with E-state index in [9.17, 15) is 0 Å². The fourth-order valence-corrected chi connectivity index (χ4v) is 1.48. The Labute approximate surface area is 98.0 Å². The van der Waals surface area contributed by atoms with Crippen LogP contribution in [0.5, 0.6) is 0 Å². The van der Waals surface area contributed by atoms with Gasteiger partial charge in [0.15, 0.2) is 0 Å². The fraction of sp³-hybridized carbons (Fsp3) is 0.750. The van der Waals surface area contributed by atoms with Gasteiger partial charge in [0.05, 0.1) is 24.9 Å². The highest BCUT2D eigenvalue weighted by Gasteiger charge is 2.02. The summed E-state index contributed by atoms with van der Waals surface area (Å²) >= 11 is 0. The van der Waals surface area contributed by atoms with Crippen LogP contribution in [0.25, 0.3) is 0 Å². The highest BCUT2D eigenvalue weighted by molar-refractivity contribution is 4.99. The first-order chi connectivity index (χ1) is 7.74. The van der Waals surface area contributed by atoms with Crippen molar-refractivity contribution in [3.05, 3.63) is 18.0 Å². The molecule has 0 amide bonds. The second-order valence-corrected chi connectivity index (χ2v) is 4.14. The maximum Gasteiger partial charge on any atom is 0.0666 e. The third-order valence-corrected chi connectivity index (χ3v) is 2.29. The lowest BCUT2D eigenvalue weighted by molar-refractivity contribution is 0.0704. The van der Waals surface area contributed by atoms with E-state index < -0.39 is 0 Å². The van der Waals surface area contributed by atoms with E-state index in [2.05, 4.69) is 23.4 Å². The lowest BCUT2D eigenvalue weighted by atomic mass is 10.4. The average Bonchev–Trinajstić information content (AvgIpc) is 2.66. The first-order valence-corrected chi connectivity index (χ1v) is 6.07. The minimum Gasteiger partial charge on any atom is -0.377 e. The van der Waals surface area contributed by atoms with Crippen LogP contribution in [0.1, 0.15) is 32.9 Å². The second-order valence-electron chi connectivity index (χ2n) is 4.14. The lowest BCUT2D eigenvalue weighted by Crippen LogP contribution is -2.19. The van der Waals surface area contributed by atoms with Crippen LogP contribution in [0.2, 0.25) is 0 Å². The molecule has 0 bridgehead atoms. The van der Waals surface area contributed by atoms with Crippen LogP contribution in [0, 0.1) is 0 Å². The Bertz CT molecular complexity index is 284. The summed E-state index contributed by atoms with van der Waals surface area (Å²) in [5.41, 5.74) is 1.22. The molecule has 0 aliphatic rings. The first kappa shape index (κ1) is 13.2. The minimum atomic E-state index is 0.289. The molecule has 0 aliphatic heterocycles. The standard InChI is InChI=1S/C12H23N3O/c1-4-6-13-10-12-5-7-14-15(12)8-9-16-11(2)3/h5,7,11,13H,4,6,8-10H2,1-3H3. The monoisotopic (exact) mass is 225 g/mol. The zero-order valence-electron chi connectivity index (χ0n) is 10.6. The van der Waals surface area contributed by atoms with Crippen LogP contribution in [-0.4, -0.2) is 29.0 Å². The summed E-state index contributed by atoms with van der Waals surface area (Å²) in [6.07, 6.45) is 3.29. The van der Waals surface area contributed by atoms with Gasteiger partial charge in [0, 0.05) is 12.7 Å². The molecule has 92 valence electrons. The van der Waals surface area contributed by atoms with Gasteiger partial charge >= 0.3 is 0 Å². The third kappa shape index (κ3) is 4.77. The summed E-state index contributed by atoms with van der Waals surface area (Å²) in [4.78, 5) is 0. The average molecular weight is 225 g/mol. The van der Waals surface area contributed by atoms with Crippen LogP contribution in [0.3, 0.4) is 0 Å². The number of rotatable bonds is 8. The molecule has 0 spiro atoms. The molecule has 0 fully saturated rings. The van der Waals surface area contributed by atoms with Gasteiger partial charge in [-0.3, -0.25) is 4.68 Å². The minimum absolute atomic E-state index is 0.289. The molecule has 1 N–H and O–H groups in total. The number of ether oxygens (including phenoxy) is 1. The summed E-state index contributed by atoms with van der Waals surface area (Å²) in [6, 6.07) is 2.05. The SMILES string of the molecule is CCCNCc1ccnn1CCOC(C)C. The van der Waals surface area contributed by atoms with Crippen molar-refractivity contribution in [1.82, 2.24) is 15.1 Å². The smallest absolute Gasteiger partial charge is 0.0666 e. The topological polar surface area (TPSA) is 39.1 Å². The van der Waals surface area contributed by atoms with Crippen LogP contribution in [0.15, 0.2) is 12.3 Å². The van der Waals surface area contributed by atoms with Crippen LogP contribution in [0.4, 0.5) is 0 Å². The van der Waals surface area contributed by atoms with Crippen molar-refractivity contribution < 1.29 is 4.74 Å². The quantitative estimate of drug-likeness (QED) is 0.686. The van der Waals surface area contributed by atoms with E-state index in [1.807, 2.05) is 24.7 Å². The van der Waals surface area contributed by atoms with Crippen molar-refractivity contribution in [3.63, 3.8) is 0 Å². The number of nitrogens with one attached hydrogen (secondary N) is 1. The molecule has 0 aliphatic carbocycles. The van der Waals surface area contributed by atoms with Gasteiger partial charge in [0.1, 0.15) is 0 Å². The number of hydrogen-bond acceptors (Lipinski definition) is 3. The molecule has 0 saturated heterocycles. The molecule has 16 heavy (non-hydrogen) atoms. The largest absolute Gasteiger partial charge is 0.377 e. The molecule has 0 radical (unpaired) electrons. The zero-order valence-corrected chi connectivity index (χ0v) is 10.6. The van der Waals surface area contributed by atoms with Gasteiger partial charge in [-0.25, -0.2) is 0 Å². The Hall–Kier alpha value is -0.870. The summed E-state index contributed by atoms with van der Waals surface area (Å²) in [5, 5.41) is 7.66. The van der Waals surface area contributed by atoms with E-state index >= 15 is 0 Å². The summed E-state index contributed by atoms with van der Waals surface area (Å²) in [5.74, 6) is 0. The van der Waals surface area contributed by atoms with Crippen molar-refractivity contribution in [2.45, 2.75) is 46.4 Å². The Balaban J connectivity index is 2.32. The number of nitrogens with zero attached hydrogens (tertiary/aromatic N) is 2. The highest BCUT2D eigenvalue weighted by Crippen LogP contribution is 1.99. The molecule has 0 atom stereocenters. The summed E-state index contributed by atoms with van der Waals surface area (Å²) in [7, 11) is 0. The van der Waals surface area contributed by atoms with Crippen molar-refractivity contribution in [3.8, 4) is 0 Å². The molecule has 0 unspecified atom stereocenters. The Morgan fingerprint density at radius 1 is 1.50 bits per heavy atom. The van der Waals surface area contributed by atoms with Gasteiger partial charge < -0.3 is 10.1 Å². The lowest BCUT2D eigenvalue weighted by Gasteiger charge is -2.10. The fourth-order valence-electron chi connectivity index (χ4n) is 1.48. The van der Waals surface area contributed by atoms with Crippen molar-refractivity contribution in [2.24, 2.45) is 0 Å². The van der Waals surface area contributed by atoms with Gasteiger partial charge in [-0.1, -0.05) is 6.92 Å². The van der Waals surface area contributed by atoms with E-state index in [4.69, 9.17) is 4.74 Å². The number of hydrogen-bond donors (Lipinski definition) is 1. The van der Waals surface area contributed by atoms with Gasteiger partial charge in [-0.2, -0.15) is 5.10 Å². The molecule has 1 aromatic heterocycles. The van der Waals surface area contributed by atoms with Crippen molar-refractivity contribution in [2.75, 3.05) is 13.2 Å². The van der Waals surface area contributed by atoms with E-state index in [0.717, 1.165) is 32.7 Å². The van der Waals surface area contributed by atoms with Crippen LogP contribution >= 0.6 is 0 Å². The molecule has 0 aromatic carbocycles. The predicted octanol–water partition coefficient (Wildman–Crippen LogP) is 1.81. The van der Waals surface area contributed by atoms with Crippen molar-refractivity contribution in [1.29, 1.82) is 0 Å². The summed E-state index contributed by atoms with van der Waals surface area (Å²) in [6.45, 7) is 9.75. The van der Waals surface area contributed by atoms with Crippen LogP contribution < -0.4 is 5.32 Å². The van der Waals surface area contributed by atoms with Crippen LogP contribution in [-0.2, 0) is 17.8 Å². The molecule has 1 heterocycles. The Morgan fingerprint density at radius 2 is 2.31 bits per heavy atom. The van der Waals surface area contributed by atoms with E-state index in [-0.39, 0.29) is 6.10 Å². The van der Waals surface area contributed by atoms with Gasteiger partial charge in [-0.05, 0) is 32.9 Å². The van der Waals surface area contributed by atoms with E-state index in [0.29, 0.717) is 0 Å². The van der Waals surface area contributed by atoms with Gasteiger partial charge in [0.2, 0.25) is 0 Å².